The topological polar surface area (TPSA) is 84.5 Å². The Labute approximate surface area is 205 Å². The van der Waals surface area contributed by atoms with Gasteiger partial charge in [-0.05, 0) is 54.4 Å². The van der Waals surface area contributed by atoms with Crippen LogP contribution in [-0.2, 0) is 14.8 Å². The zero-order valence-corrected chi connectivity index (χ0v) is 20.0. The monoisotopic (exact) mass is 486 g/mol. The van der Waals surface area contributed by atoms with Crippen LogP contribution in [-0.4, -0.2) is 20.9 Å². The Morgan fingerprint density at radius 2 is 1.31 bits per heavy atom. The summed E-state index contributed by atoms with van der Waals surface area (Å²) < 4.78 is 33.4. The Morgan fingerprint density at radius 3 is 1.86 bits per heavy atom. The predicted octanol–water partition coefficient (Wildman–Crippen LogP) is 5.08. The van der Waals surface area contributed by atoms with Crippen LogP contribution in [0.4, 0.5) is 5.69 Å². The summed E-state index contributed by atoms with van der Waals surface area (Å²) in [6.07, 6.45) is 0. The second kappa shape index (κ2) is 10.9. The third-order valence-electron chi connectivity index (χ3n) is 5.38. The molecular formula is C28H26N2O4S. The van der Waals surface area contributed by atoms with Crippen molar-refractivity contribution in [3.63, 3.8) is 0 Å². The van der Waals surface area contributed by atoms with E-state index >= 15 is 0 Å². The number of ether oxygens (including phenoxy) is 1. The fraction of sp³-hybridized carbons (Fsp3) is 0.107. The number of carbonyl (C=O) groups excluding carboxylic acids is 1. The van der Waals surface area contributed by atoms with E-state index in [2.05, 4.69) is 10.0 Å². The molecule has 0 radical (unpaired) electrons. The molecular weight excluding hydrogens is 460 g/mol. The summed E-state index contributed by atoms with van der Waals surface area (Å²) in [5, 5.41) is 3.02. The van der Waals surface area contributed by atoms with Crippen molar-refractivity contribution in [3.8, 4) is 5.75 Å². The molecule has 0 spiro atoms. The van der Waals surface area contributed by atoms with Gasteiger partial charge in [-0.15, -0.1) is 0 Å². The number of carbonyl (C=O) groups is 1. The van der Waals surface area contributed by atoms with E-state index in [1.807, 2.05) is 79.7 Å². The maximum Gasteiger partial charge on any atom is 0.261 e. The molecule has 0 unspecified atom stereocenters. The molecule has 4 aromatic carbocycles. The summed E-state index contributed by atoms with van der Waals surface area (Å²) in [5.41, 5.74) is 3.45. The van der Waals surface area contributed by atoms with Crippen molar-refractivity contribution < 1.29 is 17.9 Å². The lowest BCUT2D eigenvalue weighted by Gasteiger charge is -2.20. The number of rotatable bonds is 9. The van der Waals surface area contributed by atoms with Gasteiger partial charge in [-0.2, -0.15) is 0 Å². The molecule has 0 atom stereocenters. The molecule has 0 saturated heterocycles. The van der Waals surface area contributed by atoms with E-state index in [1.54, 1.807) is 12.1 Å². The molecule has 7 heteroatoms. The normalized spacial score (nSPS) is 11.1. The van der Waals surface area contributed by atoms with Crippen molar-refractivity contribution in [1.29, 1.82) is 0 Å². The number of amides is 1. The number of sulfonamides is 1. The zero-order chi connectivity index (χ0) is 24.7. The van der Waals surface area contributed by atoms with Crippen molar-refractivity contribution in [3.05, 3.63) is 126 Å². The van der Waals surface area contributed by atoms with Gasteiger partial charge in [-0.25, -0.2) is 8.42 Å². The fourth-order valence-electron chi connectivity index (χ4n) is 3.55. The van der Waals surface area contributed by atoms with Crippen LogP contribution in [0.3, 0.4) is 0 Å². The Hall–Kier alpha value is -4.10. The first-order valence-electron chi connectivity index (χ1n) is 11.1. The molecule has 0 aromatic heterocycles. The first kappa shape index (κ1) is 24.0. The molecule has 35 heavy (non-hydrogen) atoms. The van der Waals surface area contributed by atoms with Crippen molar-refractivity contribution >= 4 is 21.6 Å². The number of nitrogens with one attached hydrogen (secondary N) is 2. The Kier molecular flexibility index (Phi) is 7.48. The van der Waals surface area contributed by atoms with E-state index in [1.165, 1.54) is 24.3 Å². The average molecular weight is 487 g/mol. The van der Waals surface area contributed by atoms with Gasteiger partial charge in [0.1, 0.15) is 5.75 Å². The lowest BCUT2D eigenvalue weighted by molar-refractivity contribution is -0.123. The minimum absolute atomic E-state index is 0.100. The standard InChI is InChI=1S/C28H26N2O4S/c1-21-12-14-24(15-13-21)30-35(32,33)26-18-16-25(17-19-26)34-20-27(31)29-28(22-8-4-2-5-9-22)23-10-6-3-7-11-23/h2-19,28,30H,20H2,1H3,(H,29,31). The second-order valence-electron chi connectivity index (χ2n) is 8.05. The smallest absolute Gasteiger partial charge is 0.261 e. The molecule has 4 aromatic rings. The van der Waals surface area contributed by atoms with Crippen LogP contribution in [0.25, 0.3) is 0 Å². The molecule has 0 saturated carbocycles. The van der Waals surface area contributed by atoms with E-state index in [0.29, 0.717) is 11.4 Å². The Morgan fingerprint density at radius 1 is 0.771 bits per heavy atom. The highest BCUT2D eigenvalue weighted by Gasteiger charge is 2.18. The van der Waals surface area contributed by atoms with Crippen LogP contribution < -0.4 is 14.8 Å². The van der Waals surface area contributed by atoms with Crippen molar-refractivity contribution in [1.82, 2.24) is 5.32 Å². The van der Waals surface area contributed by atoms with Gasteiger partial charge in [0.2, 0.25) is 0 Å². The van der Waals surface area contributed by atoms with E-state index in [0.717, 1.165) is 16.7 Å². The van der Waals surface area contributed by atoms with Crippen LogP contribution in [0, 0.1) is 6.92 Å². The van der Waals surface area contributed by atoms with Crippen molar-refractivity contribution in [2.75, 3.05) is 11.3 Å². The largest absolute Gasteiger partial charge is 0.484 e. The molecule has 0 aliphatic rings. The van der Waals surface area contributed by atoms with Gasteiger partial charge in [0.25, 0.3) is 15.9 Å². The van der Waals surface area contributed by atoms with Crippen LogP contribution in [0.1, 0.15) is 22.7 Å². The molecule has 0 fully saturated rings. The summed E-state index contributed by atoms with van der Waals surface area (Å²) in [5.74, 6) is 0.103. The van der Waals surface area contributed by atoms with Gasteiger partial charge in [-0.3, -0.25) is 9.52 Å². The van der Waals surface area contributed by atoms with E-state index in [-0.39, 0.29) is 23.5 Å². The lowest BCUT2D eigenvalue weighted by Crippen LogP contribution is -2.33. The number of aryl methyl sites for hydroxylation is 1. The summed E-state index contributed by atoms with van der Waals surface area (Å²) in [4.78, 5) is 12.8. The summed E-state index contributed by atoms with van der Waals surface area (Å²) in [6, 6.07) is 32.1. The third kappa shape index (κ3) is 6.49. The van der Waals surface area contributed by atoms with Gasteiger partial charge < -0.3 is 10.1 Å². The minimum atomic E-state index is -3.74. The maximum absolute atomic E-state index is 12.7. The molecule has 4 rings (SSSR count). The molecule has 0 aliphatic heterocycles. The quantitative estimate of drug-likeness (QED) is 0.346. The molecule has 178 valence electrons. The number of anilines is 1. The maximum atomic E-state index is 12.7. The van der Waals surface area contributed by atoms with Crippen LogP contribution in [0.5, 0.6) is 5.75 Å². The van der Waals surface area contributed by atoms with E-state index in [9.17, 15) is 13.2 Å². The van der Waals surface area contributed by atoms with Gasteiger partial charge in [0.05, 0.1) is 10.9 Å². The van der Waals surface area contributed by atoms with Crippen molar-refractivity contribution in [2.45, 2.75) is 17.9 Å². The lowest BCUT2D eigenvalue weighted by atomic mass is 9.99. The number of benzene rings is 4. The van der Waals surface area contributed by atoms with Gasteiger partial charge in [0.15, 0.2) is 6.61 Å². The molecule has 0 heterocycles. The highest BCUT2D eigenvalue weighted by molar-refractivity contribution is 7.92. The van der Waals surface area contributed by atoms with Gasteiger partial charge in [-0.1, -0.05) is 78.4 Å². The summed E-state index contributed by atoms with van der Waals surface area (Å²) in [6.45, 7) is 1.73. The van der Waals surface area contributed by atoms with Gasteiger partial charge in [0, 0.05) is 5.69 Å². The molecule has 1 amide bonds. The Bertz CT molecular complexity index is 1320. The highest BCUT2D eigenvalue weighted by atomic mass is 32.2. The Balaban J connectivity index is 1.38. The van der Waals surface area contributed by atoms with Crippen LogP contribution >= 0.6 is 0 Å². The molecule has 2 N–H and O–H groups in total. The number of hydrogen-bond donors (Lipinski definition) is 2. The highest BCUT2D eigenvalue weighted by Crippen LogP contribution is 2.22. The van der Waals surface area contributed by atoms with Gasteiger partial charge >= 0.3 is 0 Å². The third-order valence-corrected chi connectivity index (χ3v) is 6.78. The van der Waals surface area contributed by atoms with Crippen molar-refractivity contribution in [2.24, 2.45) is 0 Å². The summed E-state index contributed by atoms with van der Waals surface area (Å²) in [7, 11) is -3.74. The SMILES string of the molecule is Cc1ccc(NS(=O)(=O)c2ccc(OCC(=O)NC(c3ccccc3)c3ccccc3)cc2)cc1. The zero-order valence-electron chi connectivity index (χ0n) is 19.2. The fourth-order valence-corrected chi connectivity index (χ4v) is 4.61. The van der Waals surface area contributed by atoms with Crippen LogP contribution in [0.2, 0.25) is 0 Å². The number of hydrogen-bond acceptors (Lipinski definition) is 4. The predicted molar refractivity (Wildman–Crippen MR) is 137 cm³/mol. The molecule has 0 bridgehead atoms. The minimum Gasteiger partial charge on any atom is -0.484 e. The molecule has 6 nitrogen and oxygen atoms in total. The molecule has 0 aliphatic carbocycles. The van der Waals surface area contributed by atoms with E-state index < -0.39 is 10.0 Å². The summed E-state index contributed by atoms with van der Waals surface area (Å²) >= 11 is 0. The van der Waals surface area contributed by atoms with E-state index in [4.69, 9.17) is 4.74 Å². The second-order valence-corrected chi connectivity index (χ2v) is 9.74. The van der Waals surface area contributed by atoms with Crippen LogP contribution in [0.15, 0.2) is 114 Å². The first-order chi connectivity index (χ1) is 16.9. The average Bonchev–Trinajstić information content (AvgIpc) is 2.88. The first-order valence-corrected chi connectivity index (χ1v) is 12.6.